The number of carbonyl (C=O) groups is 2. The van der Waals surface area contributed by atoms with Gasteiger partial charge >= 0.3 is 0 Å². The van der Waals surface area contributed by atoms with Crippen LogP contribution in [-0.4, -0.2) is 53.5 Å². The lowest BCUT2D eigenvalue weighted by molar-refractivity contribution is -0.385. The second kappa shape index (κ2) is 12.0. The van der Waals surface area contributed by atoms with E-state index in [4.69, 9.17) is 9.47 Å². The number of nitro groups is 1. The van der Waals surface area contributed by atoms with E-state index >= 15 is 0 Å². The van der Waals surface area contributed by atoms with Gasteiger partial charge in [-0.3, -0.25) is 25.0 Å². The zero-order valence-corrected chi connectivity index (χ0v) is 19.9. The van der Waals surface area contributed by atoms with Crippen molar-refractivity contribution in [1.82, 2.24) is 15.5 Å². The fourth-order valence-electron chi connectivity index (χ4n) is 2.87. The molecule has 178 valence electrons. The summed E-state index contributed by atoms with van der Waals surface area (Å²) in [6.45, 7) is 0.447. The Labute approximate surface area is 203 Å². The highest BCUT2D eigenvalue weighted by Gasteiger charge is 2.20. The summed E-state index contributed by atoms with van der Waals surface area (Å²) >= 11 is 2.25. The van der Waals surface area contributed by atoms with Crippen molar-refractivity contribution >= 4 is 45.7 Å². The Balaban J connectivity index is 1.45. The van der Waals surface area contributed by atoms with Gasteiger partial charge in [-0.05, 0) is 30.2 Å². The number of rotatable bonds is 11. The molecule has 34 heavy (non-hydrogen) atoms. The second-order valence-electron chi connectivity index (χ2n) is 6.68. The normalized spacial score (nSPS) is 10.4. The summed E-state index contributed by atoms with van der Waals surface area (Å²) in [4.78, 5) is 35.0. The van der Waals surface area contributed by atoms with Gasteiger partial charge in [0.1, 0.15) is 5.56 Å². The summed E-state index contributed by atoms with van der Waals surface area (Å²) in [6, 6.07) is 11.2. The molecular formula is C21H21N5O6S2. The first-order chi connectivity index (χ1) is 16.4. The Morgan fingerprint density at radius 3 is 2.62 bits per heavy atom. The summed E-state index contributed by atoms with van der Waals surface area (Å²) in [6.07, 6.45) is 0.622. The van der Waals surface area contributed by atoms with E-state index in [9.17, 15) is 19.7 Å². The van der Waals surface area contributed by atoms with Gasteiger partial charge in [-0.2, -0.15) is 0 Å². The van der Waals surface area contributed by atoms with Gasteiger partial charge in [-0.15, -0.1) is 10.2 Å². The standard InChI is InChI=1S/C21H21N5O6S2/c1-31-16-8-7-13(11-17(16)32-2)9-10-22-18(27)12-33-21-25-24-20(34-21)23-19(28)14-5-3-4-6-15(14)26(29)30/h3-8,11H,9-10,12H2,1-2H3,(H,22,27)(H,23,24,28). The van der Waals surface area contributed by atoms with Gasteiger partial charge < -0.3 is 14.8 Å². The van der Waals surface area contributed by atoms with Crippen molar-refractivity contribution in [3.8, 4) is 11.5 Å². The van der Waals surface area contributed by atoms with Gasteiger partial charge in [0.25, 0.3) is 11.6 Å². The van der Waals surface area contributed by atoms with Gasteiger partial charge in [0.15, 0.2) is 15.8 Å². The van der Waals surface area contributed by atoms with Crippen LogP contribution in [0.25, 0.3) is 0 Å². The average molecular weight is 504 g/mol. The van der Waals surface area contributed by atoms with Crippen LogP contribution in [-0.2, 0) is 11.2 Å². The summed E-state index contributed by atoms with van der Waals surface area (Å²) in [5.41, 5.74) is 0.614. The first-order valence-electron chi connectivity index (χ1n) is 9.90. The third-order valence-corrected chi connectivity index (χ3v) is 6.45. The lowest BCUT2D eigenvalue weighted by Gasteiger charge is -2.10. The molecule has 0 fully saturated rings. The number of hydrogen-bond donors (Lipinski definition) is 2. The van der Waals surface area contributed by atoms with E-state index in [1.807, 2.05) is 18.2 Å². The summed E-state index contributed by atoms with van der Waals surface area (Å²) < 4.78 is 11.0. The number of amides is 2. The largest absolute Gasteiger partial charge is 0.493 e. The molecule has 0 saturated carbocycles. The van der Waals surface area contributed by atoms with Crippen LogP contribution in [0.4, 0.5) is 10.8 Å². The first kappa shape index (κ1) is 24.9. The number of ether oxygens (including phenoxy) is 2. The molecule has 0 spiro atoms. The predicted octanol–water partition coefficient (Wildman–Crippen LogP) is 3.17. The molecule has 11 nitrogen and oxygen atoms in total. The average Bonchev–Trinajstić information content (AvgIpc) is 3.29. The second-order valence-corrected chi connectivity index (χ2v) is 8.88. The number of hydrogen-bond acceptors (Lipinski definition) is 10. The maximum atomic E-state index is 12.4. The van der Waals surface area contributed by atoms with Crippen molar-refractivity contribution in [2.24, 2.45) is 0 Å². The van der Waals surface area contributed by atoms with E-state index in [-0.39, 0.29) is 28.0 Å². The van der Waals surface area contributed by atoms with Crippen LogP contribution in [0.2, 0.25) is 0 Å². The molecule has 0 radical (unpaired) electrons. The molecule has 0 atom stereocenters. The molecule has 2 aromatic carbocycles. The van der Waals surface area contributed by atoms with E-state index < -0.39 is 10.8 Å². The Kier molecular flexibility index (Phi) is 8.76. The summed E-state index contributed by atoms with van der Waals surface area (Å²) in [5.74, 6) is 0.557. The van der Waals surface area contributed by atoms with Crippen molar-refractivity contribution in [2.45, 2.75) is 10.8 Å². The Bertz CT molecular complexity index is 1190. The Morgan fingerprint density at radius 2 is 1.88 bits per heavy atom. The summed E-state index contributed by atoms with van der Waals surface area (Å²) in [5, 5.41) is 24.4. The highest BCUT2D eigenvalue weighted by molar-refractivity contribution is 8.01. The van der Waals surface area contributed by atoms with Crippen LogP contribution in [0.15, 0.2) is 46.8 Å². The molecule has 3 rings (SSSR count). The predicted molar refractivity (Wildman–Crippen MR) is 128 cm³/mol. The third-order valence-electron chi connectivity index (χ3n) is 4.48. The van der Waals surface area contributed by atoms with E-state index in [0.717, 1.165) is 16.9 Å². The molecule has 2 N–H and O–H groups in total. The molecule has 1 heterocycles. The van der Waals surface area contributed by atoms with Crippen LogP contribution in [0.3, 0.4) is 0 Å². The number of methoxy groups -OCH3 is 2. The molecule has 0 unspecified atom stereocenters. The topological polar surface area (TPSA) is 146 Å². The highest BCUT2D eigenvalue weighted by atomic mass is 32.2. The number of para-hydroxylation sites is 1. The van der Waals surface area contributed by atoms with Crippen molar-refractivity contribution < 1.29 is 24.0 Å². The SMILES string of the molecule is COc1ccc(CCNC(=O)CSc2nnc(NC(=O)c3ccccc3[N+](=O)[O-])s2)cc1OC. The Morgan fingerprint density at radius 1 is 1.12 bits per heavy atom. The monoisotopic (exact) mass is 503 g/mol. The maximum absolute atomic E-state index is 12.4. The van der Waals surface area contributed by atoms with Gasteiger partial charge in [-0.25, -0.2) is 0 Å². The number of thioether (sulfide) groups is 1. The molecule has 1 aromatic heterocycles. The van der Waals surface area contributed by atoms with Gasteiger partial charge in [0.05, 0.1) is 24.9 Å². The lowest BCUT2D eigenvalue weighted by Crippen LogP contribution is -2.27. The van der Waals surface area contributed by atoms with E-state index in [2.05, 4.69) is 20.8 Å². The molecular weight excluding hydrogens is 482 g/mol. The number of nitrogens with zero attached hydrogens (tertiary/aromatic N) is 3. The molecule has 0 aliphatic heterocycles. The van der Waals surface area contributed by atoms with Crippen LogP contribution in [0, 0.1) is 10.1 Å². The highest BCUT2D eigenvalue weighted by Crippen LogP contribution is 2.28. The fraction of sp³-hybridized carbons (Fsp3) is 0.238. The van der Waals surface area contributed by atoms with Crippen molar-refractivity contribution in [2.75, 3.05) is 31.8 Å². The van der Waals surface area contributed by atoms with Crippen LogP contribution in [0.5, 0.6) is 11.5 Å². The summed E-state index contributed by atoms with van der Waals surface area (Å²) in [7, 11) is 3.13. The number of carbonyl (C=O) groups excluding carboxylic acids is 2. The fourth-order valence-corrected chi connectivity index (χ4v) is 4.45. The number of nitro benzene ring substituents is 1. The maximum Gasteiger partial charge on any atom is 0.282 e. The number of benzene rings is 2. The van der Waals surface area contributed by atoms with Crippen LogP contribution >= 0.6 is 23.1 Å². The molecule has 0 aliphatic carbocycles. The van der Waals surface area contributed by atoms with Gasteiger partial charge in [-0.1, -0.05) is 41.3 Å². The molecule has 0 saturated heterocycles. The zero-order chi connectivity index (χ0) is 24.5. The number of anilines is 1. The minimum absolute atomic E-state index is 0.0780. The van der Waals surface area contributed by atoms with Gasteiger partial charge in [0.2, 0.25) is 11.0 Å². The van der Waals surface area contributed by atoms with Crippen molar-refractivity contribution in [1.29, 1.82) is 0 Å². The molecule has 13 heteroatoms. The smallest absolute Gasteiger partial charge is 0.282 e. The van der Waals surface area contributed by atoms with Crippen LogP contribution < -0.4 is 20.1 Å². The zero-order valence-electron chi connectivity index (χ0n) is 18.3. The number of aromatic nitrogens is 2. The van der Waals surface area contributed by atoms with Crippen molar-refractivity contribution in [3.63, 3.8) is 0 Å². The van der Waals surface area contributed by atoms with Crippen LogP contribution in [0.1, 0.15) is 15.9 Å². The molecule has 0 aliphatic rings. The molecule has 3 aromatic rings. The number of nitrogens with one attached hydrogen (secondary N) is 2. The first-order valence-corrected chi connectivity index (χ1v) is 11.7. The quantitative estimate of drug-likeness (QED) is 0.174. The molecule has 0 bridgehead atoms. The lowest BCUT2D eigenvalue weighted by atomic mass is 10.1. The van der Waals surface area contributed by atoms with E-state index in [1.165, 1.54) is 36.0 Å². The van der Waals surface area contributed by atoms with Crippen molar-refractivity contribution in [3.05, 3.63) is 63.7 Å². The van der Waals surface area contributed by atoms with Gasteiger partial charge in [0, 0.05) is 12.6 Å². The minimum Gasteiger partial charge on any atom is -0.493 e. The molecule has 2 amide bonds. The Hall–Kier alpha value is -3.71. The minimum atomic E-state index is -0.659. The third kappa shape index (κ3) is 6.65. The van der Waals surface area contributed by atoms with E-state index in [1.54, 1.807) is 14.2 Å². The van der Waals surface area contributed by atoms with E-state index in [0.29, 0.717) is 28.8 Å².